The molecule has 1 aliphatic heterocycles. The molecule has 4 rings (SSSR count). The van der Waals surface area contributed by atoms with Gasteiger partial charge in [-0.25, -0.2) is 4.98 Å². The van der Waals surface area contributed by atoms with Crippen LogP contribution in [0.1, 0.15) is 27.9 Å². The van der Waals surface area contributed by atoms with Crippen molar-refractivity contribution < 1.29 is 14.6 Å². The Kier molecular flexibility index (Phi) is 4.97. The molecule has 3 aromatic rings. The van der Waals surface area contributed by atoms with E-state index in [1.165, 1.54) is 17.1 Å². The minimum Gasteiger partial charge on any atom is -0.493 e. The fourth-order valence-corrected chi connectivity index (χ4v) is 3.24. The molecule has 2 N–H and O–H groups in total. The zero-order chi connectivity index (χ0) is 20.4. The number of nitrogens with zero attached hydrogens (tertiary/aromatic N) is 4. The highest BCUT2D eigenvalue weighted by Gasteiger charge is 2.21. The van der Waals surface area contributed by atoms with Crippen molar-refractivity contribution in [2.75, 3.05) is 13.2 Å². The van der Waals surface area contributed by atoms with Crippen LogP contribution in [0.4, 0.5) is 0 Å². The number of carbonyl (C=O) groups excluding carboxylic acids is 1. The van der Waals surface area contributed by atoms with Gasteiger partial charge in [-0.1, -0.05) is 12.1 Å². The fraction of sp³-hybridized carbons (Fsp3) is 0.238. The Morgan fingerprint density at radius 1 is 1.34 bits per heavy atom. The van der Waals surface area contributed by atoms with Crippen molar-refractivity contribution in [3.05, 3.63) is 59.4 Å². The zero-order valence-electron chi connectivity index (χ0n) is 15.8. The minimum absolute atomic E-state index is 0.0201. The van der Waals surface area contributed by atoms with Crippen LogP contribution in [0.5, 0.6) is 5.88 Å². The van der Waals surface area contributed by atoms with Crippen LogP contribution in [-0.4, -0.2) is 45.0 Å². The van der Waals surface area contributed by atoms with Crippen LogP contribution in [0.2, 0.25) is 0 Å². The Morgan fingerprint density at radius 2 is 2.14 bits per heavy atom. The highest BCUT2D eigenvalue weighted by atomic mass is 16.5. The molecule has 0 saturated carbocycles. The third kappa shape index (κ3) is 3.68. The maximum atomic E-state index is 12.5. The van der Waals surface area contributed by atoms with Gasteiger partial charge in [0, 0.05) is 12.8 Å². The number of aromatic nitrogens is 3. The van der Waals surface area contributed by atoms with E-state index in [1.807, 2.05) is 6.92 Å². The number of nitriles is 1. The van der Waals surface area contributed by atoms with Gasteiger partial charge in [0.1, 0.15) is 0 Å². The van der Waals surface area contributed by atoms with Crippen LogP contribution in [0.25, 0.3) is 16.9 Å². The zero-order valence-corrected chi connectivity index (χ0v) is 15.8. The van der Waals surface area contributed by atoms with Crippen LogP contribution >= 0.6 is 0 Å². The summed E-state index contributed by atoms with van der Waals surface area (Å²) in [7, 11) is 0. The lowest BCUT2D eigenvalue weighted by atomic mass is 10.1. The summed E-state index contributed by atoms with van der Waals surface area (Å²) in [4.78, 5) is 16.8. The summed E-state index contributed by atoms with van der Waals surface area (Å²) < 4.78 is 6.59. The van der Waals surface area contributed by atoms with E-state index < -0.39 is 0 Å². The number of aromatic hydroxyl groups is 1. The number of rotatable bonds is 4. The van der Waals surface area contributed by atoms with Gasteiger partial charge in [-0.3, -0.25) is 4.79 Å². The van der Waals surface area contributed by atoms with Gasteiger partial charge in [0.15, 0.2) is 5.82 Å². The lowest BCUT2D eigenvalue weighted by Gasteiger charge is -2.12. The van der Waals surface area contributed by atoms with Crippen LogP contribution in [-0.2, 0) is 4.74 Å². The van der Waals surface area contributed by atoms with Gasteiger partial charge in [0.05, 0.1) is 41.6 Å². The second-order valence-corrected chi connectivity index (χ2v) is 6.87. The Balaban J connectivity index is 1.58. The molecule has 146 valence electrons. The lowest BCUT2D eigenvalue weighted by Crippen LogP contribution is -2.35. The Labute approximate surface area is 167 Å². The summed E-state index contributed by atoms with van der Waals surface area (Å²) in [5.41, 5.74) is 2.99. The molecule has 0 spiro atoms. The van der Waals surface area contributed by atoms with E-state index in [-0.39, 0.29) is 17.8 Å². The highest BCUT2D eigenvalue weighted by Crippen LogP contribution is 2.30. The summed E-state index contributed by atoms with van der Waals surface area (Å²) in [6, 6.07) is 10.6. The van der Waals surface area contributed by atoms with Gasteiger partial charge in [-0.2, -0.15) is 15.0 Å². The average Bonchev–Trinajstić information content (AvgIpc) is 3.37. The number of hydrogen-bond acceptors (Lipinski definition) is 6. The number of aryl methyl sites for hydroxylation is 1. The van der Waals surface area contributed by atoms with E-state index in [4.69, 9.17) is 10.00 Å². The molecular formula is C21H19N5O3. The van der Waals surface area contributed by atoms with Crippen LogP contribution in [0.15, 0.2) is 42.7 Å². The molecule has 0 aliphatic carbocycles. The van der Waals surface area contributed by atoms with E-state index >= 15 is 0 Å². The van der Waals surface area contributed by atoms with Gasteiger partial charge < -0.3 is 15.2 Å². The van der Waals surface area contributed by atoms with E-state index in [0.29, 0.717) is 35.7 Å². The summed E-state index contributed by atoms with van der Waals surface area (Å²) in [5, 5.41) is 26.7. The second-order valence-electron chi connectivity index (χ2n) is 6.87. The van der Waals surface area contributed by atoms with E-state index in [9.17, 15) is 9.90 Å². The van der Waals surface area contributed by atoms with Gasteiger partial charge in [-0.05, 0) is 42.7 Å². The Morgan fingerprint density at radius 3 is 2.79 bits per heavy atom. The summed E-state index contributed by atoms with van der Waals surface area (Å²) in [6.45, 7) is 2.99. The molecule has 0 bridgehead atoms. The summed E-state index contributed by atoms with van der Waals surface area (Å²) in [5.74, 6) is 0.141. The molecule has 2 aromatic heterocycles. The van der Waals surface area contributed by atoms with Gasteiger partial charge in [0.25, 0.3) is 5.91 Å². The van der Waals surface area contributed by atoms with Crippen molar-refractivity contribution in [1.29, 1.82) is 5.26 Å². The number of benzene rings is 1. The second kappa shape index (κ2) is 7.73. The molecule has 1 aliphatic rings. The minimum atomic E-state index is -0.194. The molecule has 1 atom stereocenters. The molecule has 3 heterocycles. The largest absolute Gasteiger partial charge is 0.493 e. The molecule has 1 saturated heterocycles. The number of nitrogens with one attached hydrogen (secondary N) is 1. The topological polar surface area (TPSA) is 113 Å². The van der Waals surface area contributed by atoms with Crippen LogP contribution in [0, 0.1) is 18.3 Å². The molecule has 29 heavy (non-hydrogen) atoms. The molecule has 0 radical (unpaired) electrons. The third-order valence-corrected chi connectivity index (χ3v) is 4.89. The van der Waals surface area contributed by atoms with Crippen molar-refractivity contribution >= 4 is 5.91 Å². The first-order chi connectivity index (χ1) is 14.1. The molecule has 1 fully saturated rings. The average molecular weight is 389 g/mol. The van der Waals surface area contributed by atoms with Crippen molar-refractivity contribution in [2.45, 2.75) is 19.4 Å². The SMILES string of the molecule is Cc1cc(-n2ncc(-c3ccc(C#N)cc3)c2O)ncc1C(=O)N[C@H]1CCOC1. The van der Waals surface area contributed by atoms with Gasteiger partial charge in [0.2, 0.25) is 5.88 Å². The summed E-state index contributed by atoms with van der Waals surface area (Å²) >= 11 is 0. The first kappa shape index (κ1) is 18.7. The maximum Gasteiger partial charge on any atom is 0.253 e. The van der Waals surface area contributed by atoms with E-state index in [1.54, 1.807) is 30.3 Å². The number of ether oxygens (including phenoxy) is 1. The smallest absolute Gasteiger partial charge is 0.253 e. The van der Waals surface area contributed by atoms with E-state index in [2.05, 4.69) is 21.5 Å². The van der Waals surface area contributed by atoms with Crippen molar-refractivity contribution in [3.63, 3.8) is 0 Å². The first-order valence-electron chi connectivity index (χ1n) is 9.20. The molecule has 8 heteroatoms. The van der Waals surface area contributed by atoms with Crippen molar-refractivity contribution in [1.82, 2.24) is 20.1 Å². The van der Waals surface area contributed by atoms with Crippen LogP contribution in [0.3, 0.4) is 0 Å². The molecule has 1 aromatic carbocycles. The Hall–Kier alpha value is -3.70. The third-order valence-electron chi connectivity index (χ3n) is 4.89. The number of hydrogen-bond donors (Lipinski definition) is 2. The van der Waals surface area contributed by atoms with Crippen molar-refractivity contribution in [3.8, 4) is 28.9 Å². The highest BCUT2D eigenvalue weighted by molar-refractivity contribution is 5.95. The van der Waals surface area contributed by atoms with Gasteiger partial charge >= 0.3 is 0 Å². The first-order valence-corrected chi connectivity index (χ1v) is 9.20. The maximum absolute atomic E-state index is 12.5. The quantitative estimate of drug-likeness (QED) is 0.708. The molecule has 0 unspecified atom stereocenters. The number of pyridine rings is 1. The Bertz CT molecular complexity index is 1090. The molecular weight excluding hydrogens is 370 g/mol. The van der Waals surface area contributed by atoms with Gasteiger partial charge in [-0.15, -0.1) is 0 Å². The van der Waals surface area contributed by atoms with Crippen molar-refractivity contribution in [2.24, 2.45) is 0 Å². The standard InChI is InChI=1S/C21H19N5O3/c1-13-8-19(23-10-17(13)20(27)25-16-6-7-29-12-16)26-21(28)18(11-24-26)15-4-2-14(9-22)3-5-15/h2-5,8,10-11,16,28H,6-7,12H2,1H3,(H,25,27)/t16-/m0/s1. The molecule has 1 amide bonds. The van der Waals surface area contributed by atoms with Crippen LogP contribution < -0.4 is 5.32 Å². The summed E-state index contributed by atoms with van der Waals surface area (Å²) in [6.07, 6.45) is 3.82. The monoisotopic (exact) mass is 389 g/mol. The van der Waals surface area contributed by atoms with E-state index in [0.717, 1.165) is 17.5 Å². The normalized spacial score (nSPS) is 15.8. The molecule has 8 nitrogen and oxygen atoms in total. The predicted octanol–water partition coefficient (Wildman–Crippen LogP) is 2.34. The number of amides is 1. The predicted molar refractivity (Wildman–Crippen MR) is 105 cm³/mol. The number of carbonyl (C=O) groups is 1. The lowest BCUT2D eigenvalue weighted by molar-refractivity contribution is 0.0929. The fourth-order valence-electron chi connectivity index (χ4n) is 3.24.